The van der Waals surface area contributed by atoms with E-state index in [2.05, 4.69) is 8.51 Å². The van der Waals surface area contributed by atoms with Gasteiger partial charge in [-0.3, -0.25) is 4.57 Å². The number of halogens is 2. The first-order valence-electron chi connectivity index (χ1n) is 4.69. The number of aliphatic hydroxyl groups is 1. The first-order chi connectivity index (χ1) is 8.15. The Kier molecular flexibility index (Phi) is 4.22. The minimum atomic E-state index is -0.625. The molecule has 0 unspecified atom stereocenters. The molecule has 0 spiro atoms. The van der Waals surface area contributed by atoms with Crippen molar-refractivity contribution in [2.45, 2.75) is 11.7 Å². The van der Waals surface area contributed by atoms with Crippen LogP contribution in [0.3, 0.4) is 0 Å². The lowest BCUT2D eigenvalue weighted by Crippen LogP contribution is -2.29. The van der Waals surface area contributed by atoms with Gasteiger partial charge >= 0.3 is 5.69 Å². The van der Waals surface area contributed by atoms with Gasteiger partial charge in [0.15, 0.2) is 11.6 Å². The fourth-order valence-corrected chi connectivity index (χ4v) is 2.71. The van der Waals surface area contributed by atoms with E-state index in [4.69, 9.17) is 9.84 Å². The minimum Gasteiger partial charge on any atom is -0.393 e. The summed E-state index contributed by atoms with van der Waals surface area (Å²) < 4.78 is 22.4. The van der Waals surface area contributed by atoms with Crippen molar-refractivity contribution < 1.29 is 14.2 Å². The van der Waals surface area contributed by atoms with Crippen molar-refractivity contribution in [1.82, 2.24) is 9.55 Å². The molecule has 0 amide bonds. The summed E-state index contributed by atoms with van der Waals surface area (Å²) in [4.78, 5) is 15.2. The van der Waals surface area contributed by atoms with Crippen molar-refractivity contribution >= 4 is 40.4 Å². The SMILES string of the molecule is O=c1nc(NI)c(F)cn1[C@@H]1CS[C@H](CO)O1. The third-order valence-electron chi connectivity index (χ3n) is 2.19. The largest absolute Gasteiger partial charge is 0.393 e. The topological polar surface area (TPSA) is 76.4 Å². The molecule has 1 aliphatic heterocycles. The van der Waals surface area contributed by atoms with E-state index in [0.717, 1.165) is 10.8 Å². The van der Waals surface area contributed by atoms with E-state index in [1.807, 2.05) is 0 Å². The summed E-state index contributed by atoms with van der Waals surface area (Å²) in [5.41, 5.74) is -0.966. The molecule has 6 nitrogen and oxygen atoms in total. The maximum Gasteiger partial charge on any atom is 0.351 e. The predicted octanol–water partition coefficient (Wildman–Crippen LogP) is 0.725. The number of hydrogen-bond donors (Lipinski definition) is 2. The summed E-state index contributed by atoms with van der Waals surface area (Å²) in [6, 6.07) is 0. The number of aromatic nitrogens is 2. The molecule has 1 aliphatic rings. The third-order valence-corrected chi connectivity index (χ3v) is 3.81. The van der Waals surface area contributed by atoms with Gasteiger partial charge in [-0.15, -0.1) is 11.8 Å². The van der Waals surface area contributed by atoms with Crippen LogP contribution in [0.1, 0.15) is 6.23 Å². The van der Waals surface area contributed by atoms with Crippen molar-refractivity contribution in [2.24, 2.45) is 0 Å². The van der Waals surface area contributed by atoms with Crippen LogP contribution in [0.25, 0.3) is 0 Å². The van der Waals surface area contributed by atoms with Crippen LogP contribution in [0.15, 0.2) is 11.0 Å². The second-order valence-electron chi connectivity index (χ2n) is 3.26. The average molecular weight is 373 g/mol. The highest BCUT2D eigenvalue weighted by Crippen LogP contribution is 2.30. The molecule has 17 heavy (non-hydrogen) atoms. The number of thioether (sulfide) groups is 1. The van der Waals surface area contributed by atoms with Crippen LogP contribution in [0.4, 0.5) is 10.2 Å². The molecule has 1 saturated heterocycles. The van der Waals surface area contributed by atoms with E-state index >= 15 is 0 Å². The molecule has 2 atom stereocenters. The molecule has 1 fully saturated rings. The molecule has 0 radical (unpaired) electrons. The number of nitrogens with zero attached hydrogens (tertiary/aromatic N) is 2. The highest BCUT2D eigenvalue weighted by Gasteiger charge is 2.28. The maximum atomic E-state index is 13.5. The third kappa shape index (κ3) is 2.72. The van der Waals surface area contributed by atoms with Crippen LogP contribution < -0.4 is 9.22 Å². The highest BCUT2D eigenvalue weighted by atomic mass is 127. The van der Waals surface area contributed by atoms with E-state index in [1.165, 1.54) is 11.8 Å². The molecule has 2 rings (SSSR count). The van der Waals surface area contributed by atoms with E-state index in [9.17, 15) is 9.18 Å². The van der Waals surface area contributed by atoms with Crippen molar-refractivity contribution in [1.29, 1.82) is 0 Å². The molecular weight excluding hydrogens is 364 g/mol. The van der Waals surface area contributed by atoms with Gasteiger partial charge in [-0.1, -0.05) is 0 Å². The van der Waals surface area contributed by atoms with Gasteiger partial charge in [-0.25, -0.2) is 9.18 Å². The quantitative estimate of drug-likeness (QED) is 0.601. The van der Waals surface area contributed by atoms with Crippen molar-refractivity contribution in [2.75, 3.05) is 15.9 Å². The average Bonchev–Trinajstić information content (AvgIpc) is 2.80. The first-order valence-corrected chi connectivity index (χ1v) is 6.81. The van der Waals surface area contributed by atoms with E-state index < -0.39 is 17.7 Å². The zero-order chi connectivity index (χ0) is 12.4. The molecule has 1 aromatic rings. The molecule has 0 aromatic carbocycles. The second-order valence-corrected chi connectivity index (χ2v) is 4.99. The smallest absolute Gasteiger partial charge is 0.351 e. The lowest BCUT2D eigenvalue weighted by molar-refractivity contribution is -0.00677. The predicted molar refractivity (Wildman–Crippen MR) is 69.6 cm³/mol. The van der Waals surface area contributed by atoms with Crippen molar-refractivity contribution in [3.05, 3.63) is 22.5 Å². The van der Waals surface area contributed by atoms with Gasteiger partial charge in [-0.2, -0.15) is 4.98 Å². The molecule has 0 saturated carbocycles. The molecular formula is C8H9FIN3O3S. The minimum absolute atomic E-state index is 0.101. The Bertz CT molecular complexity index is 472. The van der Waals surface area contributed by atoms with Gasteiger partial charge in [0.25, 0.3) is 0 Å². The number of anilines is 1. The molecule has 2 heterocycles. The lowest BCUT2D eigenvalue weighted by atomic mass is 10.5. The summed E-state index contributed by atoms with van der Waals surface area (Å²) in [6.07, 6.45) is 0.469. The number of aliphatic hydroxyl groups excluding tert-OH is 1. The lowest BCUT2D eigenvalue weighted by Gasteiger charge is -2.14. The molecule has 0 bridgehead atoms. The number of nitrogens with one attached hydrogen (secondary N) is 1. The van der Waals surface area contributed by atoms with E-state index in [0.29, 0.717) is 5.75 Å². The number of ether oxygens (including phenoxy) is 1. The second kappa shape index (κ2) is 5.50. The Hall–Kier alpha value is -0.390. The van der Waals surface area contributed by atoms with Crippen LogP contribution in [-0.4, -0.2) is 32.5 Å². The molecule has 2 N–H and O–H groups in total. The Morgan fingerprint density at radius 1 is 1.82 bits per heavy atom. The summed E-state index contributed by atoms with van der Waals surface area (Å²) in [5, 5.41) is 8.90. The van der Waals surface area contributed by atoms with Gasteiger partial charge < -0.3 is 13.4 Å². The Balaban J connectivity index is 2.28. The van der Waals surface area contributed by atoms with Gasteiger partial charge in [0.2, 0.25) is 0 Å². The number of hydrogen-bond acceptors (Lipinski definition) is 6. The molecule has 9 heteroatoms. The zero-order valence-electron chi connectivity index (χ0n) is 8.47. The standard InChI is InChI=1S/C8H9FIN3O3S/c9-4-1-13(8(15)11-7(4)12-10)5-3-17-6(2-14)16-5/h1,5-6,14H,2-3H2,(H,11,12,15)/t5-,6+/m0/s1. The van der Waals surface area contributed by atoms with Crippen molar-refractivity contribution in [3.8, 4) is 0 Å². The van der Waals surface area contributed by atoms with Crippen LogP contribution in [0.5, 0.6) is 0 Å². The normalized spacial score (nSPS) is 23.9. The van der Waals surface area contributed by atoms with Crippen LogP contribution in [-0.2, 0) is 4.74 Å². The summed E-state index contributed by atoms with van der Waals surface area (Å²) >= 11 is 3.07. The van der Waals surface area contributed by atoms with E-state index in [1.54, 1.807) is 22.9 Å². The summed E-state index contributed by atoms with van der Waals surface area (Å²) in [6.45, 7) is -0.140. The molecule has 1 aromatic heterocycles. The monoisotopic (exact) mass is 373 g/mol. The van der Waals surface area contributed by atoms with Crippen LogP contribution in [0, 0.1) is 5.82 Å². The fourth-order valence-electron chi connectivity index (χ4n) is 1.40. The van der Waals surface area contributed by atoms with Crippen LogP contribution in [0.2, 0.25) is 0 Å². The van der Waals surface area contributed by atoms with Gasteiger partial charge in [0, 0.05) is 5.75 Å². The van der Waals surface area contributed by atoms with Gasteiger partial charge in [0.1, 0.15) is 11.7 Å². The highest BCUT2D eigenvalue weighted by molar-refractivity contribution is 14.1. The molecule has 0 aliphatic carbocycles. The summed E-state index contributed by atoms with van der Waals surface area (Å²) in [5.74, 6) is -0.250. The first kappa shape index (κ1) is 13.1. The zero-order valence-corrected chi connectivity index (χ0v) is 11.4. The Morgan fingerprint density at radius 3 is 3.18 bits per heavy atom. The fraction of sp³-hybridized carbons (Fsp3) is 0.500. The summed E-state index contributed by atoms with van der Waals surface area (Å²) in [7, 11) is 0. The van der Waals surface area contributed by atoms with Crippen molar-refractivity contribution in [3.63, 3.8) is 0 Å². The number of rotatable bonds is 3. The van der Waals surface area contributed by atoms with Gasteiger partial charge in [-0.05, 0) is 0 Å². The Labute approximate surface area is 114 Å². The Morgan fingerprint density at radius 2 is 2.59 bits per heavy atom. The van der Waals surface area contributed by atoms with Crippen LogP contribution >= 0.6 is 34.6 Å². The van der Waals surface area contributed by atoms with Gasteiger partial charge in [0.05, 0.1) is 35.7 Å². The van der Waals surface area contributed by atoms with E-state index in [-0.39, 0.29) is 17.9 Å². The molecule has 94 valence electrons. The maximum absolute atomic E-state index is 13.5.